The Hall–Kier alpha value is -3.99. The molecule has 5 nitrogen and oxygen atoms in total. The van der Waals surface area contributed by atoms with E-state index in [9.17, 15) is 14.4 Å². The minimum atomic E-state index is -0.367. The van der Waals surface area contributed by atoms with Crippen molar-refractivity contribution < 1.29 is 14.4 Å². The second-order valence-electron chi connectivity index (χ2n) is 6.72. The van der Waals surface area contributed by atoms with Gasteiger partial charge in [-0.2, -0.15) is 0 Å². The molecule has 0 saturated carbocycles. The van der Waals surface area contributed by atoms with Gasteiger partial charge >= 0.3 is 0 Å². The van der Waals surface area contributed by atoms with E-state index in [0.29, 0.717) is 22.5 Å². The Bertz CT molecular complexity index is 1110. The van der Waals surface area contributed by atoms with Crippen molar-refractivity contribution in [2.75, 3.05) is 10.2 Å². The van der Waals surface area contributed by atoms with Crippen molar-refractivity contribution in [1.82, 2.24) is 0 Å². The molecule has 3 aromatic rings. The second kappa shape index (κ2) is 7.56. The lowest BCUT2D eigenvalue weighted by Gasteiger charge is -2.15. The fourth-order valence-electron chi connectivity index (χ4n) is 3.31. The topological polar surface area (TPSA) is 66.5 Å². The van der Waals surface area contributed by atoms with Gasteiger partial charge in [0.25, 0.3) is 11.8 Å². The Labute approximate surface area is 168 Å². The number of nitrogens with one attached hydrogen (secondary N) is 1. The summed E-state index contributed by atoms with van der Waals surface area (Å²) in [7, 11) is 0. The lowest BCUT2D eigenvalue weighted by molar-refractivity contribution is -0.111. The predicted molar refractivity (Wildman–Crippen MR) is 113 cm³/mol. The molecular formula is C24H18N2O3. The Morgan fingerprint density at radius 3 is 2.10 bits per heavy atom. The highest BCUT2D eigenvalue weighted by molar-refractivity contribution is 6.34. The highest BCUT2D eigenvalue weighted by Gasteiger charge is 2.36. The molecule has 3 aromatic carbocycles. The van der Waals surface area contributed by atoms with E-state index in [1.807, 2.05) is 37.3 Å². The van der Waals surface area contributed by atoms with Crippen LogP contribution >= 0.6 is 0 Å². The SMILES string of the molecule is C/C(=C\C(=O)Nc1cccc(N2C(=O)c3ccccc3C2=O)c1)c1ccccc1. The van der Waals surface area contributed by atoms with Crippen LogP contribution in [0.25, 0.3) is 5.57 Å². The van der Waals surface area contributed by atoms with Gasteiger partial charge < -0.3 is 5.32 Å². The van der Waals surface area contributed by atoms with Crippen LogP contribution in [0.3, 0.4) is 0 Å². The largest absolute Gasteiger partial charge is 0.322 e. The van der Waals surface area contributed by atoms with Gasteiger partial charge in [0.2, 0.25) is 5.91 Å². The van der Waals surface area contributed by atoms with Crippen LogP contribution in [0.4, 0.5) is 11.4 Å². The third-order valence-electron chi connectivity index (χ3n) is 4.74. The highest BCUT2D eigenvalue weighted by Crippen LogP contribution is 2.29. The zero-order chi connectivity index (χ0) is 20.4. The molecule has 0 saturated heterocycles. The monoisotopic (exact) mass is 382 g/mol. The molecule has 0 aliphatic carbocycles. The first-order valence-electron chi connectivity index (χ1n) is 9.17. The molecule has 0 aromatic heterocycles. The van der Waals surface area contributed by atoms with E-state index < -0.39 is 0 Å². The van der Waals surface area contributed by atoms with Crippen molar-refractivity contribution in [3.8, 4) is 0 Å². The van der Waals surface area contributed by atoms with Gasteiger partial charge in [0, 0.05) is 11.8 Å². The molecule has 1 heterocycles. The minimum Gasteiger partial charge on any atom is -0.322 e. The summed E-state index contributed by atoms with van der Waals surface area (Å²) in [5, 5.41) is 2.79. The van der Waals surface area contributed by atoms with Crippen molar-refractivity contribution in [2.45, 2.75) is 6.92 Å². The first kappa shape index (κ1) is 18.4. The molecule has 1 aliphatic rings. The van der Waals surface area contributed by atoms with Crippen molar-refractivity contribution in [1.29, 1.82) is 0 Å². The Morgan fingerprint density at radius 1 is 0.828 bits per heavy atom. The van der Waals surface area contributed by atoms with Gasteiger partial charge in [-0.15, -0.1) is 0 Å². The quantitative estimate of drug-likeness (QED) is 0.533. The van der Waals surface area contributed by atoms with Crippen LogP contribution < -0.4 is 10.2 Å². The molecule has 5 heteroatoms. The summed E-state index contributed by atoms with van der Waals surface area (Å²) in [4.78, 5) is 38.8. The highest BCUT2D eigenvalue weighted by atomic mass is 16.2. The number of hydrogen-bond donors (Lipinski definition) is 1. The molecule has 142 valence electrons. The standard InChI is InChI=1S/C24H18N2O3/c1-16(17-8-3-2-4-9-17)14-22(27)25-18-10-7-11-19(15-18)26-23(28)20-12-5-6-13-21(20)24(26)29/h2-15H,1H3,(H,25,27)/b16-14+. The van der Waals surface area contributed by atoms with Gasteiger partial charge in [0.1, 0.15) is 0 Å². The zero-order valence-electron chi connectivity index (χ0n) is 15.8. The number of rotatable bonds is 4. The average Bonchev–Trinajstić information content (AvgIpc) is 2.99. The van der Waals surface area contributed by atoms with E-state index in [-0.39, 0.29) is 17.7 Å². The van der Waals surface area contributed by atoms with Gasteiger partial charge in [0.05, 0.1) is 16.8 Å². The number of imide groups is 1. The second-order valence-corrected chi connectivity index (χ2v) is 6.72. The molecule has 0 radical (unpaired) electrons. The van der Waals surface area contributed by atoms with Crippen molar-refractivity contribution in [3.05, 3.63) is 102 Å². The first-order valence-corrected chi connectivity index (χ1v) is 9.17. The summed E-state index contributed by atoms with van der Waals surface area (Å²) in [6.45, 7) is 1.87. The van der Waals surface area contributed by atoms with E-state index in [1.54, 1.807) is 48.5 Å². The van der Waals surface area contributed by atoms with Crippen LogP contribution in [0.15, 0.2) is 84.9 Å². The van der Waals surface area contributed by atoms with Crippen LogP contribution in [0.5, 0.6) is 0 Å². The van der Waals surface area contributed by atoms with E-state index in [0.717, 1.165) is 16.0 Å². The van der Waals surface area contributed by atoms with Crippen LogP contribution in [0, 0.1) is 0 Å². The molecule has 1 aliphatic heterocycles. The van der Waals surface area contributed by atoms with Crippen LogP contribution in [0.1, 0.15) is 33.2 Å². The lowest BCUT2D eigenvalue weighted by atomic mass is 10.1. The number of fused-ring (bicyclic) bond motifs is 1. The normalized spacial score (nSPS) is 13.4. The smallest absolute Gasteiger partial charge is 0.266 e. The minimum absolute atomic E-state index is 0.286. The molecule has 3 amide bonds. The number of benzene rings is 3. The molecule has 0 fully saturated rings. The lowest BCUT2D eigenvalue weighted by Crippen LogP contribution is -2.29. The first-order chi connectivity index (χ1) is 14.0. The summed E-state index contributed by atoms with van der Waals surface area (Å²) < 4.78 is 0. The molecule has 4 rings (SSSR count). The van der Waals surface area contributed by atoms with Crippen LogP contribution in [0.2, 0.25) is 0 Å². The maximum atomic E-state index is 12.7. The summed E-state index contributed by atoms with van der Waals surface area (Å²) in [6.07, 6.45) is 1.52. The summed E-state index contributed by atoms with van der Waals surface area (Å²) in [5.41, 5.74) is 3.47. The molecule has 0 spiro atoms. The Kier molecular flexibility index (Phi) is 4.79. The fraction of sp³-hybridized carbons (Fsp3) is 0.0417. The number of hydrogen-bond acceptors (Lipinski definition) is 3. The number of nitrogens with zero attached hydrogens (tertiary/aromatic N) is 1. The van der Waals surface area contributed by atoms with E-state index in [2.05, 4.69) is 5.32 Å². The van der Waals surface area contributed by atoms with Crippen LogP contribution in [-0.2, 0) is 4.79 Å². The zero-order valence-corrected chi connectivity index (χ0v) is 15.8. The summed E-state index contributed by atoms with van der Waals surface area (Å²) >= 11 is 0. The van der Waals surface area contributed by atoms with Crippen LogP contribution in [-0.4, -0.2) is 17.7 Å². The van der Waals surface area contributed by atoms with E-state index >= 15 is 0 Å². The Balaban J connectivity index is 1.55. The molecule has 0 atom stereocenters. The maximum absolute atomic E-state index is 12.7. The van der Waals surface area contributed by atoms with E-state index in [4.69, 9.17) is 0 Å². The van der Waals surface area contributed by atoms with Gasteiger partial charge in [-0.3, -0.25) is 14.4 Å². The molecule has 0 bridgehead atoms. The third-order valence-corrected chi connectivity index (χ3v) is 4.74. The summed E-state index contributed by atoms with van der Waals surface area (Å²) in [5.74, 6) is -1.02. The average molecular weight is 382 g/mol. The van der Waals surface area contributed by atoms with Crippen molar-refractivity contribution in [3.63, 3.8) is 0 Å². The molecular weight excluding hydrogens is 364 g/mol. The molecule has 29 heavy (non-hydrogen) atoms. The Morgan fingerprint density at radius 2 is 1.45 bits per heavy atom. The maximum Gasteiger partial charge on any atom is 0.266 e. The molecule has 0 unspecified atom stereocenters. The van der Waals surface area contributed by atoms with Gasteiger partial charge in [-0.05, 0) is 48.4 Å². The number of allylic oxidation sites excluding steroid dienone is 1. The fourth-order valence-corrected chi connectivity index (χ4v) is 3.31. The number of carbonyl (C=O) groups excluding carboxylic acids is 3. The number of carbonyl (C=O) groups is 3. The van der Waals surface area contributed by atoms with Gasteiger partial charge in [-0.1, -0.05) is 48.5 Å². The number of amides is 3. The van der Waals surface area contributed by atoms with Gasteiger partial charge in [0.15, 0.2) is 0 Å². The van der Waals surface area contributed by atoms with Crippen molar-refractivity contribution >= 4 is 34.7 Å². The number of anilines is 2. The predicted octanol–water partition coefficient (Wildman–Crippen LogP) is 4.53. The molecule has 1 N–H and O–H groups in total. The van der Waals surface area contributed by atoms with Crippen molar-refractivity contribution in [2.24, 2.45) is 0 Å². The van der Waals surface area contributed by atoms with Gasteiger partial charge in [-0.25, -0.2) is 4.90 Å². The third kappa shape index (κ3) is 3.58. The summed E-state index contributed by atoms with van der Waals surface area (Å²) in [6, 6.07) is 23.0. The van der Waals surface area contributed by atoms with E-state index in [1.165, 1.54) is 6.08 Å².